The lowest BCUT2D eigenvalue weighted by molar-refractivity contribution is -0.150. The number of carboxylic acid groups (broad SMARTS) is 3. The third-order valence-electron chi connectivity index (χ3n) is 4.26. The van der Waals surface area contributed by atoms with E-state index in [1.54, 1.807) is 0 Å². The molecule has 1 fully saturated rings. The lowest BCUT2D eigenvalue weighted by Crippen LogP contribution is -2.54. The van der Waals surface area contributed by atoms with Crippen molar-refractivity contribution in [1.29, 1.82) is 0 Å². The number of nitrogens with two attached hydrogens (primary N) is 1. The first-order valence-corrected chi connectivity index (χ1v) is 8.82. The summed E-state index contributed by atoms with van der Waals surface area (Å²) in [6.07, 6.45) is -0.593. The van der Waals surface area contributed by atoms with E-state index >= 15 is 0 Å². The topological polar surface area (TPSA) is 216 Å². The molecule has 3 amide bonds. The lowest BCUT2D eigenvalue weighted by atomic mass is 10.1. The van der Waals surface area contributed by atoms with Crippen LogP contribution in [0.1, 0.15) is 32.1 Å². The highest BCUT2D eigenvalue weighted by Crippen LogP contribution is 2.19. The molecule has 1 aliphatic rings. The van der Waals surface area contributed by atoms with Crippen LogP contribution in [-0.4, -0.2) is 87.1 Å². The van der Waals surface area contributed by atoms with E-state index in [2.05, 4.69) is 10.6 Å². The summed E-state index contributed by atoms with van der Waals surface area (Å²) in [6.45, 7) is -0.498. The maximum absolute atomic E-state index is 12.5. The van der Waals surface area contributed by atoms with Crippen molar-refractivity contribution in [2.75, 3.05) is 13.1 Å². The zero-order chi connectivity index (χ0) is 22.1. The molecule has 0 aromatic carbocycles. The second kappa shape index (κ2) is 10.9. The summed E-state index contributed by atoms with van der Waals surface area (Å²) in [5.41, 5.74) is 5.49. The van der Waals surface area contributed by atoms with Gasteiger partial charge in [0.2, 0.25) is 17.7 Å². The Morgan fingerprint density at radius 1 is 1.07 bits per heavy atom. The van der Waals surface area contributed by atoms with Gasteiger partial charge in [0.05, 0.1) is 19.0 Å². The fourth-order valence-corrected chi connectivity index (χ4v) is 2.82. The number of aliphatic carboxylic acids is 3. The van der Waals surface area contributed by atoms with Crippen molar-refractivity contribution < 1.29 is 44.1 Å². The minimum absolute atomic E-state index is 0.122. The molecule has 0 aliphatic carbocycles. The van der Waals surface area contributed by atoms with Crippen LogP contribution in [0.5, 0.6) is 0 Å². The van der Waals surface area contributed by atoms with Gasteiger partial charge in [0, 0.05) is 13.0 Å². The van der Waals surface area contributed by atoms with Crippen LogP contribution >= 0.6 is 0 Å². The molecule has 1 saturated heterocycles. The number of likely N-dealkylation sites (tertiary alicyclic amines) is 1. The molecule has 162 valence electrons. The summed E-state index contributed by atoms with van der Waals surface area (Å²) >= 11 is 0. The molecule has 0 aromatic rings. The van der Waals surface area contributed by atoms with E-state index in [9.17, 15) is 28.8 Å². The van der Waals surface area contributed by atoms with Gasteiger partial charge in [-0.05, 0) is 19.3 Å². The number of nitrogens with zero attached hydrogens (tertiary/aromatic N) is 1. The maximum atomic E-state index is 12.5. The highest BCUT2D eigenvalue weighted by Gasteiger charge is 2.38. The van der Waals surface area contributed by atoms with Crippen LogP contribution in [-0.2, 0) is 28.8 Å². The molecule has 1 aliphatic heterocycles. The van der Waals surface area contributed by atoms with Gasteiger partial charge in [-0.1, -0.05) is 0 Å². The summed E-state index contributed by atoms with van der Waals surface area (Å²) in [7, 11) is 0. The zero-order valence-corrected chi connectivity index (χ0v) is 15.5. The molecule has 13 nitrogen and oxygen atoms in total. The average Bonchev–Trinajstić information content (AvgIpc) is 3.12. The van der Waals surface area contributed by atoms with Crippen molar-refractivity contribution in [3.8, 4) is 0 Å². The SMILES string of the molecule is NC(CCC(=O)O)C(=O)NCC(=O)NC(CC(=O)O)C(=O)N1CCCC1C(=O)O. The van der Waals surface area contributed by atoms with Crippen molar-refractivity contribution >= 4 is 35.6 Å². The number of hydrogen-bond acceptors (Lipinski definition) is 7. The van der Waals surface area contributed by atoms with Crippen LogP contribution in [0.3, 0.4) is 0 Å². The molecule has 0 bridgehead atoms. The first-order chi connectivity index (χ1) is 13.5. The highest BCUT2D eigenvalue weighted by molar-refractivity contribution is 5.94. The Morgan fingerprint density at radius 2 is 1.72 bits per heavy atom. The molecule has 3 unspecified atom stereocenters. The molecule has 0 radical (unpaired) electrons. The summed E-state index contributed by atoms with van der Waals surface area (Å²) in [5.74, 6) is -6.24. The third kappa shape index (κ3) is 7.73. The Morgan fingerprint density at radius 3 is 2.28 bits per heavy atom. The van der Waals surface area contributed by atoms with E-state index < -0.39 is 66.7 Å². The molecule has 1 heterocycles. The smallest absolute Gasteiger partial charge is 0.326 e. The number of carbonyl (C=O) groups excluding carboxylic acids is 3. The molecule has 0 saturated carbocycles. The highest BCUT2D eigenvalue weighted by atomic mass is 16.4. The number of carboxylic acids is 3. The van der Waals surface area contributed by atoms with Gasteiger partial charge in [0.15, 0.2) is 0 Å². The van der Waals surface area contributed by atoms with Crippen molar-refractivity contribution in [1.82, 2.24) is 15.5 Å². The maximum Gasteiger partial charge on any atom is 0.326 e. The van der Waals surface area contributed by atoms with Gasteiger partial charge in [-0.25, -0.2) is 4.79 Å². The molecule has 0 spiro atoms. The van der Waals surface area contributed by atoms with Crippen LogP contribution in [0.15, 0.2) is 0 Å². The molecule has 29 heavy (non-hydrogen) atoms. The van der Waals surface area contributed by atoms with E-state index in [1.165, 1.54) is 0 Å². The monoisotopic (exact) mass is 416 g/mol. The quantitative estimate of drug-likeness (QED) is 0.205. The standard InChI is InChI=1S/C16H24N4O9/c17-8(3-4-12(22)23)14(26)18-7-11(21)19-9(6-13(24)25)15(27)20-5-1-2-10(20)16(28)29/h8-10H,1-7,17H2,(H,18,26)(H,19,21)(H,22,23)(H,24,25)(H,28,29). The van der Waals surface area contributed by atoms with Crippen LogP contribution < -0.4 is 16.4 Å². The van der Waals surface area contributed by atoms with E-state index in [-0.39, 0.29) is 25.8 Å². The molecule has 7 N–H and O–H groups in total. The van der Waals surface area contributed by atoms with Crippen LogP contribution in [0, 0.1) is 0 Å². The predicted molar refractivity (Wildman–Crippen MR) is 94.4 cm³/mol. The minimum atomic E-state index is -1.50. The van der Waals surface area contributed by atoms with Crippen molar-refractivity contribution in [2.24, 2.45) is 5.73 Å². The normalized spacial score (nSPS) is 17.8. The fraction of sp³-hybridized carbons (Fsp3) is 0.625. The first-order valence-electron chi connectivity index (χ1n) is 8.82. The molecular weight excluding hydrogens is 392 g/mol. The number of rotatable bonds is 11. The zero-order valence-electron chi connectivity index (χ0n) is 15.5. The Labute approximate surface area is 165 Å². The van der Waals surface area contributed by atoms with Crippen LogP contribution in [0.25, 0.3) is 0 Å². The van der Waals surface area contributed by atoms with E-state index in [1.807, 2.05) is 0 Å². The van der Waals surface area contributed by atoms with Gasteiger partial charge < -0.3 is 36.6 Å². The molecule has 3 atom stereocenters. The van der Waals surface area contributed by atoms with Gasteiger partial charge in [-0.15, -0.1) is 0 Å². The average molecular weight is 416 g/mol. The summed E-state index contributed by atoms with van der Waals surface area (Å²) in [4.78, 5) is 70.1. The first kappa shape index (κ1) is 23.8. The molecular formula is C16H24N4O9. The summed E-state index contributed by atoms with van der Waals surface area (Å²) in [6, 6.07) is -3.75. The van der Waals surface area contributed by atoms with Gasteiger partial charge in [0.1, 0.15) is 12.1 Å². The fourth-order valence-electron chi connectivity index (χ4n) is 2.82. The van der Waals surface area contributed by atoms with Crippen molar-refractivity contribution in [2.45, 2.75) is 50.2 Å². The number of nitrogens with one attached hydrogen (secondary N) is 2. The predicted octanol–water partition coefficient (Wildman–Crippen LogP) is -2.67. The largest absolute Gasteiger partial charge is 0.481 e. The Bertz CT molecular complexity index is 681. The molecule has 0 aromatic heterocycles. The van der Waals surface area contributed by atoms with E-state index in [4.69, 9.17) is 21.1 Å². The van der Waals surface area contributed by atoms with Gasteiger partial charge in [-0.3, -0.25) is 24.0 Å². The van der Waals surface area contributed by atoms with Crippen molar-refractivity contribution in [3.63, 3.8) is 0 Å². The number of hydrogen-bond donors (Lipinski definition) is 6. The van der Waals surface area contributed by atoms with Gasteiger partial charge in [-0.2, -0.15) is 0 Å². The Kier molecular flexibility index (Phi) is 8.99. The second-order valence-corrected chi connectivity index (χ2v) is 6.50. The van der Waals surface area contributed by atoms with Crippen LogP contribution in [0.2, 0.25) is 0 Å². The van der Waals surface area contributed by atoms with Crippen LogP contribution in [0.4, 0.5) is 0 Å². The Hall–Kier alpha value is -3.22. The molecule has 13 heteroatoms. The van der Waals surface area contributed by atoms with E-state index in [0.717, 1.165) is 4.90 Å². The lowest BCUT2D eigenvalue weighted by Gasteiger charge is -2.26. The van der Waals surface area contributed by atoms with Gasteiger partial charge in [0.25, 0.3) is 0 Å². The summed E-state index contributed by atoms with van der Waals surface area (Å²) < 4.78 is 0. The molecule has 1 rings (SSSR count). The number of carbonyl (C=O) groups is 6. The second-order valence-electron chi connectivity index (χ2n) is 6.50. The summed E-state index contributed by atoms with van der Waals surface area (Å²) in [5, 5.41) is 31.0. The van der Waals surface area contributed by atoms with Gasteiger partial charge >= 0.3 is 17.9 Å². The minimum Gasteiger partial charge on any atom is -0.481 e. The Balaban J connectivity index is 2.66. The van der Waals surface area contributed by atoms with E-state index in [0.29, 0.717) is 6.42 Å². The number of amides is 3. The van der Waals surface area contributed by atoms with Crippen molar-refractivity contribution in [3.05, 3.63) is 0 Å². The third-order valence-corrected chi connectivity index (χ3v) is 4.26.